The van der Waals surface area contributed by atoms with E-state index in [1.807, 2.05) is 0 Å². The second-order valence-electron chi connectivity index (χ2n) is 4.80. The Labute approximate surface area is 109 Å². The molecule has 2 aromatic rings. The molecule has 0 spiro atoms. The molecule has 1 heterocycles. The predicted octanol–water partition coefficient (Wildman–Crippen LogP) is 2.93. The molecule has 1 aromatic carbocycles. The third kappa shape index (κ3) is 3.24. The third-order valence-corrected chi connectivity index (χ3v) is 2.48. The van der Waals surface area contributed by atoms with E-state index in [2.05, 4.69) is 0 Å². The number of ether oxygens (including phenoxy) is 2. The lowest BCUT2D eigenvalue weighted by molar-refractivity contribution is 0.118. The molecule has 0 atom stereocenters. The Balaban J connectivity index is 2.43. The molecule has 0 radical (unpaired) electrons. The van der Waals surface area contributed by atoms with Gasteiger partial charge in [-0.1, -0.05) is 0 Å². The van der Waals surface area contributed by atoms with Crippen LogP contribution in [0, 0.1) is 0 Å². The molecule has 5 heteroatoms. The summed E-state index contributed by atoms with van der Waals surface area (Å²) in [7, 11) is 1.49. The summed E-state index contributed by atoms with van der Waals surface area (Å²) in [6.45, 7) is 2.72. The van der Waals surface area contributed by atoms with E-state index >= 15 is 0 Å². The molecule has 0 saturated heterocycles. The van der Waals surface area contributed by atoms with Crippen LogP contribution in [0.5, 0.6) is 11.5 Å². The summed E-state index contributed by atoms with van der Waals surface area (Å²) in [6, 6.07) is 6.17. The van der Waals surface area contributed by atoms with E-state index in [4.69, 9.17) is 13.9 Å². The Kier molecular flexibility index (Phi) is 3.46. The fraction of sp³-hybridized carbons (Fsp3) is 0.357. The number of halogens is 1. The van der Waals surface area contributed by atoms with Gasteiger partial charge in [0, 0.05) is 17.5 Å². The minimum Gasteiger partial charge on any atom is -0.493 e. The van der Waals surface area contributed by atoms with E-state index in [1.54, 1.807) is 12.1 Å². The van der Waals surface area contributed by atoms with E-state index in [-0.39, 0.29) is 6.61 Å². The number of benzene rings is 1. The molecular formula is C14H15FO4. The van der Waals surface area contributed by atoms with E-state index in [9.17, 15) is 9.18 Å². The molecule has 0 amide bonds. The van der Waals surface area contributed by atoms with Gasteiger partial charge in [-0.2, -0.15) is 0 Å². The molecule has 4 nitrogen and oxygen atoms in total. The van der Waals surface area contributed by atoms with Crippen LogP contribution < -0.4 is 15.1 Å². The van der Waals surface area contributed by atoms with Gasteiger partial charge in [0.15, 0.2) is 11.5 Å². The number of rotatable bonds is 4. The van der Waals surface area contributed by atoms with Crippen molar-refractivity contribution in [1.82, 2.24) is 0 Å². The van der Waals surface area contributed by atoms with Crippen LogP contribution in [-0.2, 0) is 0 Å². The molecule has 2 rings (SSSR count). The highest BCUT2D eigenvalue weighted by Crippen LogP contribution is 2.32. The Morgan fingerprint density at radius 3 is 2.63 bits per heavy atom. The van der Waals surface area contributed by atoms with Crippen molar-refractivity contribution >= 4 is 11.0 Å². The van der Waals surface area contributed by atoms with E-state index in [0.29, 0.717) is 22.5 Å². The topological polar surface area (TPSA) is 48.7 Å². The maximum Gasteiger partial charge on any atom is 0.336 e. The first-order valence-corrected chi connectivity index (χ1v) is 5.83. The number of hydrogen-bond acceptors (Lipinski definition) is 4. The zero-order valence-electron chi connectivity index (χ0n) is 11.0. The second kappa shape index (κ2) is 4.91. The maximum atomic E-state index is 13.4. The Morgan fingerprint density at radius 1 is 1.26 bits per heavy atom. The molecule has 0 fully saturated rings. The molecule has 0 bridgehead atoms. The van der Waals surface area contributed by atoms with Crippen LogP contribution in [0.15, 0.2) is 33.5 Å². The minimum absolute atomic E-state index is 0.119. The Bertz CT molecular complexity index is 640. The summed E-state index contributed by atoms with van der Waals surface area (Å²) in [4.78, 5) is 11.2. The van der Waals surface area contributed by atoms with E-state index < -0.39 is 11.3 Å². The van der Waals surface area contributed by atoms with Crippen molar-refractivity contribution in [2.45, 2.75) is 19.5 Å². The average molecular weight is 266 g/mol. The number of hydrogen-bond donors (Lipinski definition) is 0. The molecule has 19 heavy (non-hydrogen) atoms. The normalized spacial score (nSPS) is 11.6. The lowest BCUT2D eigenvalue weighted by Gasteiger charge is -2.17. The summed E-state index contributed by atoms with van der Waals surface area (Å²) >= 11 is 0. The summed E-state index contributed by atoms with van der Waals surface area (Å²) in [5.41, 5.74) is -1.54. The average Bonchev–Trinajstić information content (AvgIpc) is 2.34. The Hall–Kier alpha value is -2.04. The van der Waals surface area contributed by atoms with Gasteiger partial charge in [-0.05, 0) is 26.0 Å². The molecule has 0 aliphatic heterocycles. The molecule has 0 unspecified atom stereocenters. The fourth-order valence-electron chi connectivity index (χ4n) is 1.60. The van der Waals surface area contributed by atoms with Crippen molar-refractivity contribution in [3.05, 3.63) is 34.7 Å². The van der Waals surface area contributed by atoms with Crippen molar-refractivity contribution in [1.29, 1.82) is 0 Å². The highest BCUT2D eigenvalue weighted by atomic mass is 19.1. The summed E-state index contributed by atoms with van der Waals surface area (Å²) < 4.78 is 29.1. The van der Waals surface area contributed by atoms with Crippen LogP contribution in [0.25, 0.3) is 11.0 Å². The molecule has 0 saturated carbocycles. The number of methoxy groups -OCH3 is 1. The molecule has 0 N–H and O–H groups in total. The van der Waals surface area contributed by atoms with Gasteiger partial charge in [0.05, 0.1) is 7.11 Å². The summed E-state index contributed by atoms with van der Waals surface area (Å²) in [6.07, 6.45) is 0. The Morgan fingerprint density at radius 2 is 2.00 bits per heavy atom. The number of alkyl halides is 1. The third-order valence-electron chi connectivity index (χ3n) is 2.48. The SMILES string of the molecule is COc1cc2ccc(=O)oc2cc1OCC(C)(C)F. The first-order valence-electron chi connectivity index (χ1n) is 5.83. The van der Waals surface area contributed by atoms with Crippen LogP contribution in [-0.4, -0.2) is 19.4 Å². The molecule has 0 aliphatic rings. The van der Waals surface area contributed by atoms with Crippen LogP contribution in [0.1, 0.15) is 13.8 Å². The van der Waals surface area contributed by atoms with Crippen molar-refractivity contribution in [2.75, 3.05) is 13.7 Å². The van der Waals surface area contributed by atoms with Crippen LogP contribution in [0.2, 0.25) is 0 Å². The first-order chi connectivity index (χ1) is 8.89. The summed E-state index contributed by atoms with van der Waals surface area (Å²) in [5, 5.41) is 0.711. The monoisotopic (exact) mass is 266 g/mol. The fourth-order valence-corrected chi connectivity index (χ4v) is 1.60. The molecule has 1 aromatic heterocycles. The molecular weight excluding hydrogens is 251 g/mol. The van der Waals surface area contributed by atoms with Crippen LogP contribution in [0.3, 0.4) is 0 Å². The van der Waals surface area contributed by atoms with Crippen molar-refractivity contribution in [2.24, 2.45) is 0 Å². The lowest BCUT2D eigenvalue weighted by atomic mass is 10.2. The number of fused-ring (bicyclic) bond motifs is 1. The quantitative estimate of drug-likeness (QED) is 0.798. The van der Waals surface area contributed by atoms with Gasteiger partial charge >= 0.3 is 5.63 Å². The van der Waals surface area contributed by atoms with Crippen molar-refractivity contribution in [3.8, 4) is 11.5 Å². The highest BCUT2D eigenvalue weighted by molar-refractivity contribution is 5.80. The van der Waals surface area contributed by atoms with Gasteiger partial charge in [-0.15, -0.1) is 0 Å². The first kappa shape index (κ1) is 13.4. The van der Waals surface area contributed by atoms with Crippen LogP contribution in [0.4, 0.5) is 4.39 Å². The van der Waals surface area contributed by atoms with Crippen LogP contribution >= 0.6 is 0 Å². The smallest absolute Gasteiger partial charge is 0.336 e. The van der Waals surface area contributed by atoms with E-state index in [1.165, 1.54) is 33.1 Å². The van der Waals surface area contributed by atoms with Gasteiger partial charge < -0.3 is 13.9 Å². The minimum atomic E-state index is -1.46. The van der Waals surface area contributed by atoms with Crippen molar-refractivity contribution < 1.29 is 18.3 Å². The van der Waals surface area contributed by atoms with Gasteiger partial charge in [0.2, 0.25) is 0 Å². The standard InChI is InChI=1S/C14H15FO4/c1-14(2,15)8-18-12-7-10-9(6-11(12)17-3)4-5-13(16)19-10/h4-7H,8H2,1-3H3. The van der Waals surface area contributed by atoms with Gasteiger partial charge in [0.25, 0.3) is 0 Å². The van der Waals surface area contributed by atoms with Gasteiger partial charge in [-0.3, -0.25) is 0 Å². The largest absolute Gasteiger partial charge is 0.493 e. The maximum absolute atomic E-state index is 13.4. The molecule has 0 aliphatic carbocycles. The zero-order valence-corrected chi connectivity index (χ0v) is 11.0. The van der Waals surface area contributed by atoms with Gasteiger partial charge in [-0.25, -0.2) is 9.18 Å². The van der Waals surface area contributed by atoms with E-state index in [0.717, 1.165) is 0 Å². The summed E-state index contributed by atoms with van der Waals surface area (Å²) in [5.74, 6) is 0.806. The lowest BCUT2D eigenvalue weighted by Crippen LogP contribution is -2.22. The predicted molar refractivity (Wildman–Crippen MR) is 69.7 cm³/mol. The zero-order chi connectivity index (χ0) is 14.0. The molecule has 102 valence electrons. The highest BCUT2D eigenvalue weighted by Gasteiger charge is 2.18. The second-order valence-corrected chi connectivity index (χ2v) is 4.80. The van der Waals surface area contributed by atoms with Gasteiger partial charge in [0.1, 0.15) is 17.9 Å². The van der Waals surface area contributed by atoms with Crippen molar-refractivity contribution in [3.63, 3.8) is 0 Å².